The minimum atomic E-state index is -0.369. The van der Waals surface area contributed by atoms with E-state index in [1.54, 1.807) is 12.1 Å². The Morgan fingerprint density at radius 1 is 1.50 bits per heavy atom. The standard InChI is InChI=1S/C13H17N3O2/c1-10-8-12(16(17)18)2-3-13(10)15-9-11-4-6-14-7-5-11/h2-4,8,14-15H,5-7,9H2,1H3. The van der Waals surface area contributed by atoms with Crippen LogP contribution in [0.15, 0.2) is 29.8 Å². The number of nitro groups is 1. The van der Waals surface area contributed by atoms with Crippen molar-refractivity contribution in [1.82, 2.24) is 5.32 Å². The van der Waals surface area contributed by atoms with Gasteiger partial charge < -0.3 is 10.6 Å². The molecular weight excluding hydrogens is 230 g/mol. The van der Waals surface area contributed by atoms with Gasteiger partial charge in [-0.15, -0.1) is 0 Å². The molecule has 18 heavy (non-hydrogen) atoms. The molecule has 0 atom stereocenters. The van der Waals surface area contributed by atoms with Crippen molar-refractivity contribution < 1.29 is 4.92 Å². The molecule has 96 valence electrons. The number of nitro benzene ring substituents is 1. The van der Waals surface area contributed by atoms with Crippen LogP contribution in [0.3, 0.4) is 0 Å². The summed E-state index contributed by atoms with van der Waals surface area (Å²) >= 11 is 0. The Kier molecular flexibility index (Phi) is 3.94. The van der Waals surface area contributed by atoms with Gasteiger partial charge in [-0.2, -0.15) is 0 Å². The molecule has 2 N–H and O–H groups in total. The highest BCUT2D eigenvalue weighted by atomic mass is 16.6. The summed E-state index contributed by atoms with van der Waals surface area (Å²) in [5.41, 5.74) is 3.38. The van der Waals surface area contributed by atoms with Crippen LogP contribution in [0, 0.1) is 17.0 Å². The summed E-state index contributed by atoms with van der Waals surface area (Å²) in [4.78, 5) is 10.3. The monoisotopic (exact) mass is 247 g/mol. The lowest BCUT2D eigenvalue weighted by molar-refractivity contribution is -0.384. The van der Waals surface area contributed by atoms with E-state index in [0.717, 1.165) is 37.3 Å². The Bertz CT molecular complexity index is 483. The van der Waals surface area contributed by atoms with Gasteiger partial charge in [0.2, 0.25) is 0 Å². The number of hydrogen-bond acceptors (Lipinski definition) is 4. The van der Waals surface area contributed by atoms with Crippen LogP contribution in [0.2, 0.25) is 0 Å². The molecule has 1 heterocycles. The number of hydrogen-bond donors (Lipinski definition) is 2. The van der Waals surface area contributed by atoms with Crippen molar-refractivity contribution in [2.24, 2.45) is 0 Å². The second kappa shape index (κ2) is 5.64. The van der Waals surface area contributed by atoms with Crippen molar-refractivity contribution in [3.63, 3.8) is 0 Å². The summed E-state index contributed by atoms with van der Waals surface area (Å²) in [6, 6.07) is 4.90. The van der Waals surface area contributed by atoms with Gasteiger partial charge in [-0.05, 0) is 31.5 Å². The molecule has 1 aromatic rings. The fourth-order valence-electron chi connectivity index (χ4n) is 2.00. The van der Waals surface area contributed by atoms with Gasteiger partial charge in [0.1, 0.15) is 0 Å². The van der Waals surface area contributed by atoms with Crippen molar-refractivity contribution in [1.29, 1.82) is 0 Å². The predicted molar refractivity (Wildman–Crippen MR) is 71.9 cm³/mol. The van der Waals surface area contributed by atoms with Crippen molar-refractivity contribution in [3.8, 4) is 0 Å². The summed E-state index contributed by atoms with van der Waals surface area (Å²) in [6.45, 7) is 4.63. The number of rotatable bonds is 4. The van der Waals surface area contributed by atoms with Crippen LogP contribution in [0.4, 0.5) is 11.4 Å². The van der Waals surface area contributed by atoms with Crippen molar-refractivity contribution in [2.45, 2.75) is 13.3 Å². The molecule has 0 saturated carbocycles. The highest BCUT2D eigenvalue weighted by Gasteiger charge is 2.08. The van der Waals surface area contributed by atoms with E-state index in [0.29, 0.717) is 0 Å². The highest BCUT2D eigenvalue weighted by molar-refractivity contribution is 5.55. The van der Waals surface area contributed by atoms with Crippen molar-refractivity contribution in [3.05, 3.63) is 45.5 Å². The summed E-state index contributed by atoms with van der Waals surface area (Å²) in [5.74, 6) is 0. The fraction of sp³-hybridized carbons (Fsp3) is 0.385. The van der Waals surface area contributed by atoms with Crippen LogP contribution in [0.1, 0.15) is 12.0 Å². The van der Waals surface area contributed by atoms with E-state index in [9.17, 15) is 10.1 Å². The predicted octanol–water partition coefficient (Wildman–Crippen LogP) is 2.23. The number of nitrogens with zero attached hydrogens (tertiary/aromatic N) is 1. The quantitative estimate of drug-likeness (QED) is 0.486. The molecule has 0 fully saturated rings. The fourth-order valence-corrected chi connectivity index (χ4v) is 2.00. The lowest BCUT2D eigenvalue weighted by Gasteiger charge is -2.16. The molecular formula is C13H17N3O2. The van der Waals surface area contributed by atoms with Gasteiger partial charge in [0.25, 0.3) is 5.69 Å². The maximum absolute atomic E-state index is 10.6. The average molecular weight is 247 g/mol. The average Bonchev–Trinajstić information content (AvgIpc) is 2.38. The van der Waals surface area contributed by atoms with E-state index in [-0.39, 0.29) is 10.6 Å². The second-order valence-electron chi connectivity index (χ2n) is 4.43. The lowest BCUT2D eigenvalue weighted by atomic mass is 10.1. The minimum Gasteiger partial charge on any atom is -0.381 e. The van der Waals surface area contributed by atoms with E-state index in [1.807, 2.05) is 6.92 Å². The Balaban J connectivity index is 2.01. The third kappa shape index (κ3) is 3.07. The molecule has 0 amide bonds. The molecule has 5 heteroatoms. The zero-order valence-electron chi connectivity index (χ0n) is 10.4. The van der Waals surface area contributed by atoms with Gasteiger partial charge >= 0.3 is 0 Å². The third-order valence-electron chi connectivity index (χ3n) is 3.08. The Morgan fingerprint density at radius 2 is 2.33 bits per heavy atom. The maximum atomic E-state index is 10.6. The first-order chi connectivity index (χ1) is 8.66. The van der Waals surface area contributed by atoms with Crippen LogP contribution in [-0.2, 0) is 0 Å². The van der Waals surface area contributed by atoms with E-state index in [1.165, 1.54) is 11.6 Å². The maximum Gasteiger partial charge on any atom is 0.269 e. The van der Waals surface area contributed by atoms with E-state index in [4.69, 9.17) is 0 Å². The van der Waals surface area contributed by atoms with Crippen molar-refractivity contribution in [2.75, 3.05) is 25.0 Å². The summed E-state index contributed by atoms with van der Waals surface area (Å²) < 4.78 is 0. The van der Waals surface area contributed by atoms with Crippen LogP contribution < -0.4 is 10.6 Å². The Hall–Kier alpha value is -1.88. The van der Waals surface area contributed by atoms with Crippen LogP contribution in [0.5, 0.6) is 0 Å². The smallest absolute Gasteiger partial charge is 0.269 e. The molecule has 1 aliphatic rings. The van der Waals surface area contributed by atoms with Gasteiger partial charge in [-0.3, -0.25) is 10.1 Å². The van der Waals surface area contributed by atoms with E-state index < -0.39 is 0 Å². The Morgan fingerprint density at radius 3 is 2.94 bits per heavy atom. The van der Waals surface area contributed by atoms with Crippen LogP contribution in [-0.4, -0.2) is 24.6 Å². The van der Waals surface area contributed by atoms with Gasteiger partial charge in [0, 0.05) is 30.9 Å². The van der Waals surface area contributed by atoms with Crippen LogP contribution in [0.25, 0.3) is 0 Å². The first kappa shape index (κ1) is 12.6. The molecule has 0 saturated heterocycles. The van der Waals surface area contributed by atoms with Gasteiger partial charge in [0.05, 0.1) is 4.92 Å². The van der Waals surface area contributed by atoms with Gasteiger partial charge in [-0.1, -0.05) is 11.6 Å². The molecule has 1 aliphatic heterocycles. The molecule has 2 rings (SSSR count). The first-order valence-electron chi connectivity index (χ1n) is 6.04. The lowest BCUT2D eigenvalue weighted by Crippen LogP contribution is -2.23. The molecule has 1 aromatic carbocycles. The molecule has 0 aromatic heterocycles. The number of anilines is 1. The third-order valence-corrected chi connectivity index (χ3v) is 3.08. The molecule has 0 aliphatic carbocycles. The topological polar surface area (TPSA) is 67.2 Å². The molecule has 5 nitrogen and oxygen atoms in total. The zero-order valence-corrected chi connectivity index (χ0v) is 10.4. The SMILES string of the molecule is Cc1cc([N+](=O)[O-])ccc1NCC1=CCNCC1. The Labute approximate surface area is 106 Å². The number of aryl methyl sites for hydroxylation is 1. The number of non-ortho nitro benzene ring substituents is 1. The van der Waals surface area contributed by atoms with Crippen molar-refractivity contribution >= 4 is 11.4 Å². The second-order valence-corrected chi connectivity index (χ2v) is 4.43. The molecule has 0 unspecified atom stereocenters. The summed E-state index contributed by atoms with van der Waals surface area (Å²) in [6.07, 6.45) is 3.25. The normalized spacial score (nSPS) is 15.1. The van der Waals surface area contributed by atoms with Gasteiger partial charge in [0.15, 0.2) is 0 Å². The first-order valence-corrected chi connectivity index (χ1v) is 6.04. The molecule has 0 bridgehead atoms. The molecule has 0 spiro atoms. The number of nitrogens with one attached hydrogen (secondary N) is 2. The summed E-state index contributed by atoms with van der Waals surface area (Å²) in [5, 5.41) is 17.2. The zero-order chi connectivity index (χ0) is 13.0. The molecule has 0 radical (unpaired) electrons. The number of benzene rings is 1. The minimum absolute atomic E-state index is 0.138. The highest BCUT2D eigenvalue weighted by Crippen LogP contribution is 2.21. The van der Waals surface area contributed by atoms with E-state index >= 15 is 0 Å². The van der Waals surface area contributed by atoms with Gasteiger partial charge in [-0.25, -0.2) is 0 Å². The largest absolute Gasteiger partial charge is 0.381 e. The van der Waals surface area contributed by atoms with E-state index in [2.05, 4.69) is 16.7 Å². The van der Waals surface area contributed by atoms with Crippen LogP contribution >= 0.6 is 0 Å². The summed E-state index contributed by atoms with van der Waals surface area (Å²) in [7, 11) is 0.